The molecule has 21 heavy (non-hydrogen) atoms. The number of likely N-dealkylation sites (N-methyl/N-ethyl adjacent to an activating group) is 1. The van der Waals surface area contributed by atoms with Crippen molar-refractivity contribution in [1.29, 1.82) is 0 Å². The molecule has 1 N–H and O–H groups in total. The Morgan fingerprint density at radius 2 is 2.10 bits per heavy atom. The molecule has 0 aliphatic heterocycles. The van der Waals surface area contributed by atoms with E-state index in [2.05, 4.69) is 28.8 Å². The second kappa shape index (κ2) is 8.08. The average Bonchev–Trinajstić information content (AvgIpc) is 2.92. The second-order valence-electron chi connectivity index (χ2n) is 4.86. The number of aryl methyl sites for hydroxylation is 1. The van der Waals surface area contributed by atoms with E-state index in [1.807, 2.05) is 18.2 Å². The van der Waals surface area contributed by atoms with E-state index in [4.69, 9.17) is 23.2 Å². The Labute approximate surface area is 139 Å². The van der Waals surface area contributed by atoms with E-state index in [0.717, 1.165) is 37.1 Å². The molecule has 6 heteroatoms. The van der Waals surface area contributed by atoms with Crippen molar-refractivity contribution in [2.75, 3.05) is 6.54 Å². The van der Waals surface area contributed by atoms with Gasteiger partial charge in [0.05, 0.1) is 20.6 Å². The third-order valence-electron chi connectivity index (χ3n) is 3.29. The molecule has 0 aliphatic carbocycles. The van der Waals surface area contributed by atoms with Crippen LogP contribution in [0.2, 0.25) is 10.0 Å². The molecular weight excluding hydrogens is 325 g/mol. The standard InChI is InChI=1S/C15H19Cl2N3S/c1-3-6-12-15(21-20-19-12)13(18-4-2)9-10-7-5-8-11(16)14(10)17/h5,7-8,13,18H,3-4,6,9H2,1-2H3. The lowest BCUT2D eigenvalue weighted by molar-refractivity contribution is 0.552. The van der Waals surface area contributed by atoms with Gasteiger partial charge in [-0.05, 0) is 42.5 Å². The van der Waals surface area contributed by atoms with Crippen LogP contribution < -0.4 is 5.32 Å². The van der Waals surface area contributed by atoms with Crippen molar-refractivity contribution in [2.24, 2.45) is 0 Å². The van der Waals surface area contributed by atoms with Gasteiger partial charge in [-0.2, -0.15) is 0 Å². The minimum Gasteiger partial charge on any atom is -0.309 e. The molecule has 0 saturated heterocycles. The van der Waals surface area contributed by atoms with Crippen LogP contribution in [-0.4, -0.2) is 16.1 Å². The summed E-state index contributed by atoms with van der Waals surface area (Å²) in [4.78, 5) is 1.20. The van der Waals surface area contributed by atoms with E-state index in [1.165, 1.54) is 16.4 Å². The van der Waals surface area contributed by atoms with Gasteiger partial charge in [0, 0.05) is 6.04 Å². The van der Waals surface area contributed by atoms with Gasteiger partial charge in [-0.3, -0.25) is 0 Å². The number of benzene rings is 1. The molecular formula is C15H19Cl2N3S. The van der Waals surface area contributed by atoms with Gasteiger partial charge < -0.3 is 5.32 Å². The molecule has 1 atom stereocenters. The zero-order valence-corrected chi connectivity index (χ0v) is 14.5. The summed E-state index contributed by atoms with van der Waals surface area (Å²) >= 11 is 13.9. The van der Waals surface area contributed by atoms with Gasteiger partial charge in [0.1, 0.15) is 0 Å². The zero-order chi connectivity index (χ0) is 15.2. The molecule has 3 nitrogen and oxygen atoms in total. The Morgan fingerprint density at radius 3 is 2.81 bits per heavy atom. The number of nitrogens with one attached hydrogen (secondary N) is 1. The van der Waals surface area contributed by atoms with Crippen LogP contribution in [0.4, 0.5) is 0 Å². The summed E-state index contributed by atoms with van der Waals surface area (Å²) in [5.74, 6) is 0. The molecule has 0 fully saturated rings. The van der Waals surface area contributed by atoms with E-state index in [0.29, 0.717) is 10.0 Å². The Hall–Kier alpha value is -0.680. The third kappa shape index (κ3) is 4.16. The van der Waals surface area contributed by atoms with Gasteiger partial charge in [-0.15, -0.1) is 5.10 Å². The Morgan fingerprint density at radius 1 is 1.29 bits per heavy atom. The third-order valence-corrected chi connectivity index (χ3v) is 5.03. The Bertz CT molecular complexity index is 586. The lowest BCUT2D eigenvalue weighted by atomic mass is 10.0. The van der Waals surface area contributed by atoms with E-state index in [9.17, 15) is 0 Å². The summed E-state index contributed by atoms with van der Waals surface area (Å²) in [6.45, 7) is 5.13. The van der Waals surface area contributed by atoms with E-state index >= 15 is 0 Å². The summed E-state index contributed by atoms with van der Waals surface area (Å²) in [5.41, 5.74) is 2.14. The first-order valence-corrected chi connectivity index (χ1v) is 8.67. The molecule has 2 aromatic rings. The van der Waals surface area contributed by atoms with Crippen LogP contribution in [0.3, 0.4) is 0 Å². The minimum absolute atomic E-state index is 0.174. The summed E-state index contributed by atoms with van der Waals surface area (Å²) < 4.78 is 4.12. The maximum atomic E-state index is 6.31. The summed E-state index contributed by atoms with van der Waals surface area (Å²) in [5, 5.41) is 9.00. The highest BCUT2D eigenvalue weighted by Crippen LogP contribution is 2.31. The largest absolute Gasteiger partial charge is 0.309 e. The van der Waals surface area contributed by atoms with Crippen LogP contribution >= 0.6 is 34.7 Å². The molecule has 1 aromatic heterocycles. The number of hydrogen-bond donors (Lipinski definition) is 1. The number of nitrogens with zero attached hydrogens (tertiary/aromatic N) is 2. The van der Waals surface area contributed by atoms with Crippen molar-refractivity contribution in [1.82, 2.24) is 14.9 Å². The van der Waals surface area contributed by atoms with Crippen molar-refractivity contribution in [3.8, 4) is 0 Å². The van der Waals surface area contributed by atoms with Gasteiger partial charge in [0.15, 0.2) is 0 Å². The normalized spacial score (nSPS) is 12.6. The maximum Gasteiger partial charge on any atom is 0.0803 e. The molecule has 1 unspecified atom stereocenters. The molecule has 0 radical (unpaired) electrons. The summed E-state index contributed by atoms with van der Waals surface area (Å²) in [7, 11) is 0. The topological polar surface area (TPSA) is 37.8 Å². The fraction of sp³-hybridized carbons (Fsp3) is 0.467. The summed E-state index contributed by atoms with van der Waals surface area (Å²) in [6, 6.07) is 5.94. The summed E-state index contributed by atoms with van der Waals surface area (Å²) in [6.07, 6.45) is 2.81. The molecule has 0 saturated carbocycles. The SMILES string of the molecule is CCCc1nnsc1C(Cc1cccc(Cl)c1Cl)NCC. The van der Waals surface area contributed by atoms with Gasteiger partial charge >= 0.3 is 0 Å². The van der Waals surface area contributed by atoms with Crippen molar-refractivity contribution in [3.63, 3.8) is 0 Å². The number of aromatic nitrogens is 2. The molecule has 0 aliphatic rings. The maximum absolute atomic E-state index is 6.31. The van der Waals surface area contributed by atoms with Crippen LogP contribution in [0.5, 0.6) is 0 Å². The van der Waals surface area contributed by atoms with Crippen molar-refractivity contribution in [2.45, 2.75) is 39.2 Å². The molecule has 1 aromatic carbocycles. The van der Waals surface area contributed by atoms with Crippen molar-refractivity contribution >= 4 is 34.7 Å². The van der Waals surface area contributed by atoms with E-state index in [-0.39, 0.29) is 6.04 Å². The number of hydrogen-bond acceptors (Lipinski definition) is 4. The van der Waals surface area contributed by atoms with Gasteiger partial charge in [0.25, 0.3) is 0 Å². The van der Waals surface area contributed by atoms with Crippen LogP contribution in [0.1, 0.15) is 42.4 Å². The van der Waals surface area contributed by atoms with E-state index in [1.54, 1.807) is 0 Å². The fourth-order valence-corrected chi connectivity index (χ4v) is 3.49. The average molecular weight is 344 g/mol. The van der Waals surface area contributed by atoms with Gasteiger partial charge in [-0.25, -0.2) is 0 Å². The van der Waals surface area contributed by atoms with Crippen molar-refractivity contribution < 1.29 is 0 Å². The second-order valence-corrected chi connectivity index (χ2v) is 6.43. The molecule has 0 bridgehead atoms. The van der Waals surface area contributed by atoms with Crippen LogP contribution in [0.15, 0.2) is 18.2 Å². The van der Waals surface area contributed by atoms with E-state index < -0.39 is 0 Å². The Kier molecular flexibility index (Phi) is 6.42. The molecule has 114 valence electrons. The van der Waals surface area contributed by atoms with Gasteiger partial charge in [0.2, 0.25) is 0 Å². The monoisotopic (exact) mass is 343 g/mol. The lowest BCUT2D eigenvalue weighted by Gasteiger charge is -2.18. The van der Waals surface area contributed by atoms with Crippen LogP contribution in [0.25, 0.3) is 0 Å². The predicted octanol–water partition coefficient (Wildman–Crippen LogP) is 4.69. The first kappa shape index (κ1) is 16.7. The highest BCUT2D eigenvalue weighted by Gasteiger charge is 2.20. The molecule has 0 amide bonds. The minimum atomic E-state index is 0.174. The fourth-order valence-electron chi connectivity index (χ4n) is 2.32. The molecule has 2 rings (SSSR count). The lowest BCUT2D eigenvalue weighted by Crippen LogP contribution is -2.23. The highest BCUT2D eigenvalue weighted by atomic mass is 35.5. The first-order valence-electron chi connectivity index (χ1n) is 7.14. The molecule has 1 heterocycles. The van der Waals surface area contributed by atoms with Gasteiger partial charge in [-0.1, -0.05) is 60.1 Å². The zero-order valence-electron chi connectivity index (χ0n) is 12.2. The Balaban J connectivity index is 2.26. The first-order chi connectivity index (χ1) is 10.2. The van der Waals surface area contributed by atoms with Crippen LogP contribution in [-0.2, 0) is 12.8 Å². The number of halogens is 2. The highest BCUT2D eigenvalue weighted by molar-refractivity contribution is 7.05. The smallest absolute Gasteiger partial charge is 0.0803 e. The molecule has 0 spiro atoms. The number of rotatable bonds is 7. The quantitative estimate of drug-likeness (QED) is 0.792. The van der Waals surface area contributed by atoms with Crippen molar-refractivity contribution in [3.05, 3.63) is 44.4 Å². The van der Waals surface area contributed by atoms with Crippen LogP contribution in [0, 0.1) is 0 Å². The predicted molar refractivity (Wildman–Crippen MR) is 90.5 cm³/mol.